The Hall–Kier alpha value is -1.59. The van der Waals surface area contributed by atoms with E-state index < -0.39 is 5.60 Å². The molecule has 0 unspecified atom stereocenters. The van der Waals surface area contributed by atoms with E-state index in [0.29, 0.717) is 18.6 Å². The lowest BCUT2D eigenvalue weighted by molar-refractivity contribution is 0.00391. The number of aromatic nitrogens is 2. The maximum Gasteiger partial charge on any atom is 0.143 e. The molecule has 2 aromatic rings. The summed E-state index contributed by atoms with van der Waals surface area (Å²) >= 11 is 0. The minimum Gasteiger partial charge on any atom is -0.495 e. The number of nitrogens with one attached hydrogen (secondary N) is 1. The lowest BCUT2D eigenvalue weighted by Crippen LogP contribution is -2.40. The Balaban J connectivity index is 2.13. The molecule has 2 aromatic heterocycles. The second-order valence-corrected chi connectivity index (χ2v) is 4.74. The number of hydrogen-bond acceptors (Lipinski definition) is 4. The number of pyridine rings is 1. The molecule has 1 saturated heterocycles. The first-order valence-electron chi connectivity index (χ1n) is 6.18. The van der Waals surface area contributed by atoms with E-state index in [9.17, 15) is 5.11 Å². The van der Waals surface area contributed by atoms with Gasteiger partial charge in [0.05, 0.1) is 24.4 Å². The van der Waals surface area contributed by atoms with E-state index in [-0.39, 0.29) is 0 Å². The molecule has 0 amide bonds. The van der Waals surface area contributed by atoms with Crippen LogP contribution in [0.1, 0.15) is 18.4 Å². The van der Waals surface area contributed by atoms with Gasteiger partial charge in [0.1, 0.15) is 5.75 Å². The van der Waals surface area contributed by atoms with Crippen LogP contribution in [0.3, 0.4) is 0 Å². The van der Waals surface area contributed by atoms with Crippen molar-refractivity contribution in [3.05, 3.63) is 30.1 Å². The van der Waals surface area contributed by atoms with Crippen LogP contribution in [0.2, 0.25) is 0 Å². The summed E-state index contributed by atoms with van der Waals surface area (Å²) in [7, 11) is 1.62. The van der Waals surface area contributed by atoms with Crippen molar-refractivity contribution in [2.45, 2.75) is 18.4 Å². The van der Waals surface area contributed by atoms with Crippen molar-refractivity contribution in [1.29, 1.82) is 0 Å². The minimum atomic E-state index is -0.803. The van der Waals surface area contributed by atoms with E-state index in [1.165, 1.54) is 0 Å². The first kappa shape index (κ1) is 11.5. The fraction of sp³-hybridized carbons (Fsp3) is 0.462. The van der Waals surface area contributed by atoms with Crippen molar-refractivity contribution in [2.24, 2.45) is 0 Å². The zero-order valence-corrected chi connectivity index (χ0v) is 10.4. The Bertz CT molecular complexity index is 558. The van der Waals surface area contributed by atoms with Crippen LogP contribution in [0, 0.1) is 0 Å². The fourth-order valence-corrected chi connectivity index (χ4v) is 2.58. The molecular weight excluding hydrogens is 230 g/mol. The first-order chi connectivity index (χ1) is 8.73. The number of hydrogen-bond donors (Lipinski definition) is 2. The third kappa shape index (κ3) is 1.76. The molecule has 3 rings (SSSR count). The highest BCUT2D eigenvalue weighted by Gasteiger charge is 2.34. The number of fused-ring (bicyclic) bond motifs is 1. The Labute approximate surface area is 105 Å². The number of nitrogens with zero attached hydrogens (tertiary/aromatic N) is 2. The number of piperidine rings is 1. The van der Waals surface area contributed by atoms with Crippen molar-refractivity contribution in [1.82, 2.24) is 14.9 Å². The van der Waals surface area contributed by atoms with E-state index in [0.717, 1.165) is 24.2 Å². The predicted molar refractivity (Wildman–Crippen MR) is 67.7 cm³/mol. The van der Waals surface area contributed by atoms with Gasteiger partial charge in [0.25, 0.3) is 0 Å². The largest absolute Gasteiger partial charge is 0.495 e. The Morgan fingerprint density at radius 1 is 1.44 bits per heavy atom. The normalized spacial score (nSPS) is 19.0. The number of aliphatic hydroxyl groups is 1. The number of rotatable bonds is 2. The number of methoxy groups -OCH3 is 1. The third-order valence-corrected chi connectivity index (χ3v) is 3.65. The van der Waals surface area contributed by atoms with Crippen molar-refractivity contribution in [3.8, 4) is 5.75 Å². The van der Waals surface area contributed by atoms with Gasteiger partial charge < -0.3 is 15.2 Å². The van der Waals surface area contributed by atoms with Crippen LogP contribution in [-0.4, -0.2) is 34.9 Å². The first-order valence-corrected chi connectivity index (χ1v) is 6.18. The summed E-state index contributed by atoms with van der Waals surface area (Å²) in [6.07, 6.45) is 4.97. The lowest BCUT2D eigenvalue weighted by Gasteiger charge is -2.34. The summed E-state index contributed by atoms with van der Waals surface area (Å²) in [5, 5.41) is 18.2. The van der Waals surface area contributed by atoms with Crippen LogP contribution in [0.15, 0.2) is 24.5 Å². The molecule has 1 aliphatic heterocycles. The lowest BCUT2D eigenvalue weighted by atomic mass is 9.85. The van der Waals surface area contributed by atoms with Crippen molar-refractivity contribution in [3.63, 3.8) is 0 Å². The van der Waals surface area contributed by atoms with Gasteiger partial charge in [-0.1, -0.05) is 0 Å². The molecule has 0 radical (unpaired) electrons. The highest BCUT2D eigenvalue weighted by molar-refractivity contribution is 5.53. The standard InChI is InChI=1S/C13H17N3O2/c1-18-12-9-16-10(2-5-15-16)8-11(12)13(17)3-6-14-7-4-13/h2,5,8-9,14,17H,3-4,6-7H2,1H3. The maximum absolute atomic E-state index is 10.8. The molecule has 3 heterocycles. The van der Waals surface area contributed by atoms with E-state index >= 15 is 0 Å². The summed E-state index contributed by atoms with van der Waals surface area (Å²) in [4.78, 5) is 0. The summed E-state index contributed by atoms with van der Waals surface area (Å²) in [5.74, 6) is 0.690. The third-order valence-electron chi connectivity index (χ3n) is 3.65. The Kier molecular flexibility index (Phi) is 2.72. The van der Waals surface area contributed by atoms with Crippen LogP contribution in [0.4, 0.5) is 0 Å². The smallest absolute Gasteiger partial charge is 0.143 e. The minimum absolute atomic E-state index is 0.690. The quantitative estimate of drug-likeness (QED) is 0.828. The van der Waals surface area contributed by atoms with Gasteiger partial charge in [-0.3, -0.25) is 0 Å². The molecule has 1 fully saturated rings. The second kappa shape index (κ2) is 4.26. The van der Waals surface area contributed by atoms with Gasteiger partial charge in [-0.25, -0.2) is 4.52 Å². The van der Waals surface area contributed by atoms with Crippen LogP contribution in [0.5, 0.6) is 5.75 Å². The van der Waals surface area contributed by atoms with Crippen molar-refractivity contribution in [2.75, 3.05) is 20.2 Å². The average molecular weight is 247 g/mol. The predicted octanol–water partition coefficient (Wildman–Crippen LogP) is 0.914. The summed E-state index contributed by atoms with van der Waals surface area (Å²) in [6, 6.07) is 3.89. The molecule has 0 aromatic carbocycles. The highest BCUT2D eigenvalue weighted by atomic mass is 16.5. The molecular formula is C13H17N3O2. The summed E-state index contributed by atoms with van der Waals surface area (Å²) < 4.78 is 7.16. The topological polar surface area (TPSA) is 58.8 Å². The maximum atomic E-state index is 10.8. The van der Waals surface area contributed by atoms with Gasteiger partial charge in [0.2, 0.25) is 0 Å². The Morgan fingerprint density at radius 3 is 2.94 bits per heavy atom. The molecule has 0 atom stereocenters. The van der Waals surface area contributed by atoms with E-state index in [2.05, 4.69) is 10.4 Å². The van der Waals surface area contributed by atoms with E-state index in [4.69, 9.17) is 4.74 Å². The number of ether oxygens (including phenoxy) is 1. The monoisotopic (exact) mass is 247 g/mol. The molecule has 2 N–H and O–H groups in total. The molecule has 18 heavy (non-hydrogen) atoms. The van der Waals surface area contributed by atoms with Crippen molar-refractivity contribution >= 4 is 5.52 Å². The zero-order valence-electron chi connectivity index (χ0n) is 10.4. The van der Waals surface area contributed by atoms with Gasteiger partial charge in [0.15, 0.2) is 0 Å². The Morgan fingerprint density at radius 2 is 2.22 bits per heavy atom. The van der Waals surface area contributed by atoms with Crippen molar-refractivity contribution < 1.29 is 9.84 Å². The molecule has 1 aliphatic rings. The van der Waals surface area contributed by atoms with Gasteiger partial charge >= 0.3 is 0 Å². The molecule has 5 heteroatoms. The van der Waals surface area contributed by atoms with Gasteiger partial charge in [0, 0.05) is 11.8 Å². The molecule has 96 valence electrons. The van der Waals surface area contributed by atoms with E-state index in [1.807, 2.05) is 18.3 Å². The molecule has 0 bridgehead atoms. The SMILES string of the molecule is COc1cn2nccc2cc1C1(O)CCNCC1. The molecule has 0 spiro atoms. The summed E-state index contributed by atoms with van der Waals surface area (Å²) in [6.45, 7) is 1.65. The van der Waals surface area contributed by atoms with Crippen LogP contribution in [-0.2, 0) is 5.60 Å². The average Bonchev–Trinajstić information content (AvgIpc) is 2.85. The molecule has 5 nitrogen and oxygen atoms in total. The highest BCUT2D eigenvalue weighted by Crippen LogP contribution is 2.37. The zero-order chi connectivity index (χ0) is 12.6. The van der Waals surface area contributed by atoms with Gasteiger partial charge in [-0.05, 0) is 38.1 Å². The van der Waals surface area contributed by atoms with Crippen LogP contribution < -0.4 is 10.1 Å². The van der Waals surface area contributed by atoms with Gasteiger partial charge in [-0.2, -0.15) is 5.10 Å². The molecule has 0 aliphatic carbocycles. The van der Waals surface area contributed by atoms with Crippen LogP contribution in [0.25, 0.3) is 5.52 Å². The fourth-order valence-electron chi connectivity index (χ4n) is 2.58. The second-order valence-electron chi connectivity index (χ2n) is 4.74. The summed E-state index contributed by atoms with van der Waals surface area (Å²) in [5.41, 5.74) is 1.03. The van der Waals surface area contributed by atoms with E-state index in [1.54, 1.807) is 17.8 Å². The van der Waals surface area contributed by atoms with Crippen LogP contribution >= 0.6 is 0 Å². The molecule has 0 saturated carbocycles. The van der Waals surface area contributed by atoms with Gasteiger partial charge in [-0.15, -0.1) is 0 Å².